The van der Waals surface area contributed by atoms with E-state index in [0.717, 1.165) is 51.6 Å². The lowest BCUT2D eigenvalue weighted by Gasteiger charge is -2.35. The number of rotatable bonds is 6. The number of thiazole rings is 1. The predicted octanol–water partition coefficient (Wildman–Crippen LogP) is 6.31. The highest BCUT2D eigenvalue weighted by atomic mass is 32.1. The fourth-order valence-electron chi connectivity index (χ4n) is 5.78. The number of ketones is 1. The Morgan fingerprint density at radius 3 is 2.62 bits per heavy atom. The van der Waals surface area contributed by atoms with Crippen molar-refractivity contribution in [2.45, 2.75) is 25.8 Å². The van der Waals surface area contributed by atoms with Crippen LogP contribution in [0, 0.1) is 23.5 Å². The molecule has 0 amide bonds. The van der Waals surface area contributed by atoms with Gasteiger partial charge in [0.2, 0.25) is 0 Å². The van der Waals surface area contributed by atoms with Gasteiger partial charge in [0.1, 0.15) is 22.4 Å². The van der Waals surface area contributed by atoms with E-state index in [4.69, 9.17) is 9.98 Å². The average Bonchev–Trinajstić information content (AvgIpc) is 3.49. The Balaban J connectivity index is 1.18. The Kier molecular flexibility index (Phi) is 6.42. The Labute approximate surface area is 218 Å². The van der Waals surface area contributed by atoms with Gasteiger partial charge in [-0.3, -0.25) is 9.79 Å². The molecule has 0 bridgehead atoms. The molecular formula is C30H27F2N3OS. The quantitative estimate of drug-likeness (QED) is 0.283. The first-order chi connectivity index (χ1) is 17.9. The number of para-hydroxylation sites is 1. The summed E-state index contributed by atoms with van der Waals surface area (Å²) in [5.74, 6) is -0.666. The van der Waals surface area contributed by atoms with Crippen LogP contribution in [0.1, 0.15) is 44.9 Å². The van der Waals surface area contributed by atoms with E-state index in [1.165, 1.54) is 18.2 Å². The minimum Gasteiger partial charge on any atom is -0.306 e. The number of aliphatic imine (C=N–C) groups is 1. The fourth-order valence-corrected chi connectivity index (χ4v) is 6.77. The number of hydrogen-bond donors (Lipinski definition) is 0. The normalized spacial score (nSPS) is 19.7. The number of carbonyl (C=O) groups excluding carboxylic acids is 1. The van der Waals surface area contributed by atoms with E-state index in [9.17, 15) is 13.6 Å². The number of fused-ring (bicyclic) bond motifs is 2. The van der Waals surface area contributed by atoms with Gasteiger partial charge >= 0.3 is 0 Å². The van der Waals surface area contributed by atoms with E-state index in [1.54, 1.807) is 11.3 Å². The summed E-state index contributed by atoms with van der Waals surface area (Å²) in [4.78, 5) is 25.1. The van der Waals surface area contributed by atoms with E-state index in [-0.39, 0.29) is 23.2 Å². The standard InChI is InChI=1S/C30H27F2N3OS/c1-35-16-18(12-23-24(31)5-4-6-25(23)32)11-19(17-35)13-27(36)20-9-10-21-15-33-29(22(21)14-20)30-34-26-7-2-3-8-28(26)37-30/h2-10,14,18-19H,11-13,15-17H2,1H3/t18?,19-/m0/s1. The zero-order valence-corrected chi connectivity index (χ0v) is 21.4. The van der Waals surface area contributed by atoms with E-state index in [2.05, 4.69) is 11.0 Å². The predicted molar refractivity (Wildman–Crippen MR) is 144 cm³/mol. The molecule has 188 valence electrons. The first-order valence-electron chi connectivity index (χ1n) is 12.6. The van der Waals surface area contributed by atoms with Crippen molar-refractivity contribution in [3.8, 4) is 0 Å². The molecule has 1 unspecified atom stereocenters. The summed E-state index contributed by atoms with van der Waals surface area (Å²) in [5.41, 5.74) is 4.73. The van der Waals surface area contributed by atoms with Crippen molar-refractivity contribution < 1.29 is 13.6 Å². The summed E-state index contributed by atoms with van der Waals surface area (Å²) in [6.45, 7) is 2.15. The van der Waals surface area contributed by atoms with Crippen LogP contribution in [0.5, 0.6) is 0 Å². The molecule has 6 rings (SSSR count). The van der Waals surface area contributed by atoms with Crippen LogP contribution < -0.4 is 0 Å². The van der Waals surface area contributed by atoms with Gasteiger partial charge < -0.3 is 4.90 Å². The summed E-state index contributed by atoms with van der Waals surface area (Å²) < 4.78 is 29.6. The minimum absolute atomic E-state index is 0.0921. The molecule has 1 fully saturated rings. The first-order valence-corrected chi connectivity index (χ1v) is 13.4. The molecule has 3 aromatic carbocycles. The highest BCUT2D eigenvalue weighted by Crippen LogP contribution is 2.32. The molecule has 2 aliphatic heterocycles. The number of aromatic nitrogens is 1. The number of halogens is 2. The van der Waals surface area contributed by atoms with Crippen molar-refractivity contribution in [1.29, 1.82) is 0 Å². The van der Waals surface area contributed by atoms with Crippen LogP contribution in [0.3, 0.4) is 0 Å². The summed E-state index contributed by atoms with van der Waals surface area (Å²) in [5, 5.41) is 0.877. The monoisotopic (exact) mass is 515 g/mol. The van der Waals surface area contributed by atoms with Crippen molar-refractivity contribution in [1.82, 2.24) is 9.88 Å². The molecule has 1 saturated heterocycles. The minimum atomic E-state index is -0.496. The van der Waals surface area contributed by atoms with Crippen LogP contribution in [0.4, 0.5) is 8.78 Å². The van der Waals surface area contributed by atoms with Crippen LogP contribution in [0.15, 0.2) is 65.7 Å². The van der Waals surface area contributed by atoms with Crippen molar-refractivity contribution in [3.05, 3.63) is 99.6 Å². The zero-order valence-electron chi connectivity index (χ0n) is 20.6. The van der Waals surface area contributed by atoms with Crippen LogP contribution in [0.2, 0.25) is 0 Å². The van der Waals surface area contributed by atoms with Crippen LogP contribution in [-0.4, -0.2) is 41.5 Å². The highest BCUT2D eigenvalue weighted by Gasteiger charge is 2.29. The number of carbonyl (C=O) groups is 1. The van der Waals surface area contributed by atoms with Crippen LogP contribution >= 0.6 is 11.3 Å². The second-order valence-electron chi connectivity index (χ2n) is 10.2. The van der Waals surface area contributed by atoms with Gasteiger partial charge in [-0.25, -0.2) is 13.8 Å². The van der Waals surface area contributed by atoms with Gasteiger partial charge in [0.15, 0.2) is 5.78 Å². The molecule has 0 spiro atoms. The Morgan fingerprint density at radius 1 is 1.03 bits per heavy atom. The van der Waals surface area contributed by atoms with Crippen LogP contribution in [-0.2, 0) is 13.0 Å². The van der Waals surface area contributed by atoms with Crippen molar-refractivity contribution in [2.75, 3.05) is 20.1 Å². The average molecular weight is 516 g/mol. The molecule has 37 heavy (non-hydrogen) atoms. The van der Waals surface area contributed by atoms with Gasteiger partial charge in [0.05, 0.1) is 16.8 Å². The van der Waals surface area contributed by atoms with Gasteiger partial charge in [0.25, 0.3) is 0 Å². The van der Waals surface area contributed by atoms with E-state index >= 15 is 0 Å². The third-order valence-corrected chi connectivity index (χ3v) is 8.47. The molecule has 0 N–H and O–H groups in total. The Morgan fingerprint density at radius 2 is 1.81 bits per heavy atom. The Hall–Kier alpha value is -3.29. The van der Waals surface area contributed by atoms with Gasteiger partial charge in [-0.05, 0) is 67.6 Å². The lowest BCUT2D eigenvalue weighted by molar-refractivity contribution is 0.0892. The number of nitrogens with zero attached hydrogens (tertiary/aromatic N) is 3. The third kappa shape index (κ3) is 4.86. The van der Waals surface area contributed by atoms with Crippen molar-refractivity contribution >= 4 is 33.0 Å². The topological polar surface area (TPSA) is 45.6 Å². The first kappa shape index (κ1) is 24.1. The molecular weight excluding hydrogens is 488 g/mol. The van der Waals surface area contributed by atoms with Crippen molar-refractivity contribution in [2.24, 2.45) is 16.8 Å². The van der Waals surface area contributed by atoms with Gasteiger partial charge in [-0.2, -0.15) is 0 Å². The molecule has 2 aliphatic rings. The Bertz CT molecular complexity index is 1480. The molecule has 2 atom stereocenters. The van der Waals surface area contributed by atoms with E-state index in [0.29, 0.717) is 24.9 Å². The molecule has 7 heteroatoms. The smallest absolute Gasteiger partial charge is 0.163 e. The number of benzene rings is 3. The molecule has 0 saturated carbocycles. The highest BCUT2D eigenvalue weighted by molar-refractivity contribution is 7.20. The van der Waals surface area contributed by atoms with Gasteiger partial charge in [-0.1, -0.05) is 30.3 Å². The number of hydrogen-bond acceptors (Lipinski definition) is 5. The molecule has 3 heterocycles. The zero-order chi connectivity index (χ0) is 25.5. The second kappa shape index (κ2) is 9.88. The number of piperidine rings is 1. The molecule has 0 radical (unpaired) electrons. The fraction of sp³-hybridized carbons (Fsp3) is 0.300. The van der Waals surface area contributed by atoms with Crippen LogP contribution in [0.25, 0.3) is 10.2 Å². The van der Waals surface area contributed by atoms with Gasteiger partial charge in [-0.15, -0.1) is 11.3 Å². The molecule has 4 aromatic rings. The van der Waals surface area contributed by atoms with E-state index < -0.39 is 11.6 Å². The SMILES string of the molecule is CN1CC(Cc2c(F)cccc2F)C[C@@H](CC(=O)c2ccc3c(c2)C(c2nc4ccccc4s2)=NC3)C1. The molecule has 4 nitrogen and oxygen atoms in total. The number of likely N-dealkylation sites (tertiary alicyclic amines) is 1. The summed E-state index contributed by atoms with van der Waals surface area (Å²) in [6, 6.07) is 17.9. The molecule has 0 aliphatic carbocycles. The number of Topliss-reactive ketones (excluding diaryl/α,β-unsaturated/α-hetero) is 1. The maximum atomic E-state index is 14.2. The lowest BCUT2D eigenvalue weighted by Crippen LogP contribution is -2.39. The summed E-state index contributed by atoms with van der Waals surface area (Å²) in [6.07, 6.45) is 1.52. The van der Waals surface area contributed by atoms with E-state index in [1.807, 2.05) is 43.4 Å². The summed E-state index contributed by atoms with van der Waals surface area (Å²) >= 11 is 1.62. The third-order valence-electron chi connectivity index (χ3n) is 7.43. The largest absolute Gasteiger partial charge is 0.306 e. The molecule has 1 aromatic heterocycles. The maximum absolute atomic E-state index is 14.2. The maximum Gasteiger partial charge on any atom is 0.163 e. The van der Waals surface area contributed by atoms with Crippen molar-refractivity contribution in [3.63, 3.8) is 0 Å². The lowest BCUT2D eigenvalue weighted by atomic mass is 9.82. The van der Waals surface area contributed by atoms with Gasteiger partial charge in [0, 0.05) is 36.2 Å². The summed E-state index contributed by atoms with van der Waals surface area (Å²) in [7, 11) is 2.01. The second-order valence-corrected chi connectivity index (χ2v) is 11.3.